The quantitative estimate of drug-likeness (QED) is 0.750. The second-order valence-corrected chi connectivity index (χ2v) is 9.39. The maximum atomic E-state index is 10.6. The van der Waals surface area contributed by atoms with E-state index in [0.29, 0.717) is 11.8 Å². The van der Waals surface area contributed by atoms with Gasteiger partial charge in [-0.25, -0.2) is 4.79 Å². The first-order chi connectivity index (χ1) is 12.3. The van der Waals surface area contributed by atoms with Crippen LogP contribution in [0.25, 0.3) is 0 Å². The van der Waals surface area contributed by atoms with Crippen LogP contribution in [-0.4, -0.2) is 34.6 Å². The Balaban J connectivity index is 1.55. The van der Waals surface area contributed by atoms with E-state index in [-0.39, 0.29) is 23.5 Å². The maximum absolute atomic E-state index is 10.6. The van der Waals surface area contributed by atoms with E-state index < -0.39 is 5.97 Å². The molecule has 0 aliphatic heterocycles. The molecule has 0 aromatic rings. The fourth-order valence-electron chi connectivity index (χ4n) is 6.79. The van der Waals surface area contributed by atoms with Gasteiger partial charge in [0.2, 0.25) is 6.61 Å². The number of fused-ring (bicyclic) bond motifs is 5. The lowest BCUT2D eigenvalue weighted by molar-refractivity contribution is -0.142. The average molecular weight is 361 g/mol. The minimum atomic E-state index is -0.993. The van der Waals surface area contributed by atoms with Crippen molar-refractivity contribution in [2.75, 3.05) is 6.61 Å². The molecule has 3 saturated carbocycles. The number of hydrogen-bond acceptors (Lipinski definition) is 4. The minimum Gasteiger partial charge on any atom is -0.479 e. The zero-order valence-corrected chi connectivity index (χ0v) is 15.9. The number of allylic oxidation sites excluding steroid dienone is 2. The monoisotopic (exact) mass is 361 g/mol. The van der Waals surface area contributed by atoms with Crippen molar-refractivity contribution in [3.8, 4) is 0 Å². The molecule has 0 radical (unpaired) electrons. The van der Waals surface area contributed by atoms with Gasteiger partial charge in [-0.3, -0.25) is 0 Å². The number of oxime groups is 1. The zero-order chi connectivity index (χ0) is 18.5. The highest BCUT2D eigenvalue weighted by Gasteiger charge is 2.58. The van der Waals surface area contributed by atoms with Gasteiger partial charge in [-0.1, -0.05) is 24.6 Å². The lowest BCUT2D eigenvalue weighted by Gasteiger charge is -2.57. The van der Waals surface area contributed by atoms with Gasteiger partial charge in [0.05, 0.1) is 11.8 Å². The number of aliphatic hydroxyl groups excluding tert-OH is 1. The highest BCUT2D eigenvalue weighted by atomic mass is 16.6. The van der Waals surface area contributed by atoms with Gasteiger partial charge in [0, 0.05) is 0 Å². The van der Waals surface area contributed by atoms with E-state index in [9.17, 15) is 9.90 Å². The lowest BCUT2D eigenvalue weighted by Crippen LogP contribution is -2.51. The number of hydrogen-bond donors (Lipinski definition) is 2. The molecule has 5 heteroatoms. The van der Waals surface area contributed by atoms with Crippen molar-refractivity contribution in [2.24, 2.45) is 33.7 Å². The van der Waals surface area contributed by atoms with Crippen molar-refractivity contribution in [3.63, 3.8) is 0 Å². The Bertz CT molecular complexity index is 656. The summed E-state index contributed by atoms with van der Waals surface area (Å²) in [6.45, 7) is 4.38. The van der Waals surface area contributed by atoms with Gasteiger partial charge in [0.25, 0.3) is 0 Å². The molecule has 2 N–H and O–H groups in total. The van der Waals surface area contributed by atoms with Gasteiger partial charge in [-0.05, 0) is 86.0 Å². The third kappa shape index (κ3) is 2.70. The van der Waals surface area contributed by atoms with E-state index in [1.165, 1.54) is 24.8 Å². The smallest absolute Gasteiger partial charge is 0.344 e. The van der Waals surface area contributed by atoms with Crippen molar-refractivity contribution >= 4 is 11.7 Å². The molecule has 3 fully saturated rings. The van der Waals surface area contributed by atoms with Crippen molar-refractivity contribution in [1.82, 2.24) is 0 Å². The predicted octanol–water partition coefficient (Wildman–Crippen LogP) is 3.77. The summed E-state index contributed by atoms with van der Waals surface area (Å²) in [7, 11) is 0. The van der Waals surface area contributed by atoms with Gasteiger partial charge in [-0.15, -0.1) is 0 Å². The minimum absolute atomic E-state index is 0.116. The summed E-state index contributed by atoms with van der Waals surface area (Å²) in [4.78, 5) is 15.5. The molecule has 0 aromatic carbocycles. The number of nitrogens with zero attached hydrogens (tertiary/aromatic N) is 1. The van der Waals surface area contributed by atoms with Gasteiger partial charge < -0.3 is 15.1 Å². The highest BCUT2D eigenvalue weighted by molar-refractivity contribution is 5.96. The molecule has 4 rings (SSSR count). The van der Waals surface area contributed by atoms with Crippen LogP contribution in [0.15, 0.2) is 16.8 Å². The van der Waals surface area contributed by atoms with Crippen LogP contribution in [0.4, 0.5) is 0 Å². The summed E-state index contributed by atoms with van der Waals surface area (Å²) in [6.07, 6.45) is 10.8. The summed E-state index contributed by atoms with van der Waals surface area (Å²) >= 11 is 0. The molecule has 6 atom stereocenters. The van der Waals surface area contributed by atoms with Crippen molar-refractivity contribution in [3.05, 3.63) is 11.6 Å². The molecular weight excluding hydrogens is 330 g/mol. The van der Waals surface area contributed by atoms with Gasteiger partial charge >= 0.3 is 5.97 Å². The van der Waals surface area contributed by atoms with Gasteiger partial charge in [0.1, 0.15) is 0 Å². The van der Waals surface area contributed by atoms with E-state index in [1.54, 1.807) is 0 Å². The summed E-state index contributed by atoms with van der Waals surface area (Å²) in [5.74, 6) is 1.11. The number of carboxylic acids is 1. The van der Waals surface area contributed by atoms with E-state index in [0.717, 1.165) is 43.7 Å². The van der Waals surface area contributed by atoms with Crippen LogP contribution in [-0.2, 0) is 9.63 Å². The van der Waals surface area contributed by atoms with Crippen LogP contribution in [0, 0.1) is 28.6 Å². The fourth-order valence-corrected chi connectivity index (χ4v) is 6.79. The molecule has 144 valence electrons. The summed E-state index contributed by atoms with van der Waals surface area (Å²) in [6, 6.07) is 0. The summed E-state index contributed by atoms with van der Waals surface area (Å²) in [5.41, 5.74) is 2.72. The Labute approximate surface area is 155 Å². The second-order valence-electron chi connectivity index (χ2n) is 9.39. The molecule has 0 bridgehead atoms. The number of aliphatic carboxylic acids is 1. The Morgan fingerprint density at radius 1 is 1.19 bits per heavy atom. The zero-order valence-electron chi connectivity index (χ0n) is 15.9. The second kappa shape index (κ2) is 6.36. The predicted molar refractivity (Wildman–Crippen MR) is 98.7 cm³/mol. The molecule has 26 heavy (non-hydrogen) atoms. The number of carboxylic acid groups (broad SMARTS) is 1. The van der Waals surface area contributed by atoms with Crippen molar-refractivity contribution in [2.45, 2.75) is 71.3 Å². The first kappa shape index (κ1) is 18.0. The highest BCUT2D eigenvalue weighted by Crippen LogP contribution is 2.65. The Morgan fingerprint density at radius 3 is 2.77 bits per heavy atom. The first-order valence-corrected chi connectivity index (χ1v) is 10.1. The lowest BCUT2D eigenvalue weighted by atomic mass is 9.47. The van der Waals surface area contributed by atoms with Gasteiger partial charge in [0.15, 0.2) is 0 Å². The average Bonchev–Trinajstić information content (AvgIpc) is 2.90. The van der Waals surface area contributed by atoms with Crippen LogP contribution in [0.1, 0.15) is 65.2 Å². The Kier molecular flexibility index (Phi) is 4.41. The van der Waals surface area contributed by atoms with E-state index in [1.807, 2.05) is 0 Å². The molecule has 0 saturated heterocycles. The summed E-state index contributed by atoms with van der Waals surface area (Å²) < 4.78 is 0. The van der Waals surface area contributed by atoms with Crippen molar-refractivity contribution in [1.29, 1.82) is 0 Å². The van der Waals surface area contributed by atoms with Crippen LogP contribution < -0.4 is 0 Å². The first-order valence-electron chi connectivity index (χ1n) is 10.1. The summed E-state index contributed by atoms with van der Waals surface area (Å²) in [5, 5.41) is 23.3. The molecule has 4 aliphatic carbocycles. The van der Waals surface area contributed by atoms with Crippen molar-refractivity contribution < 1.29 is 19.8 Å². The molecule has 4 aliphatic rings. The normalized spacial score (nSPS) is 46.1. The molecule has 0 aromatic heterocycles. The molecule has 5 nitrogen and oxygen atoms in total. The molecule has 0 heterocycles. The number of carbonyl (C=O) groups is 1. The fraction of sp³-hybridized carbons (Fsp3) is 0.810. The molecule has 0 spiro atoms. The van der Waals surface area contributed by atoms with Crippen LogP contribution >= 0.6 is 0 Å². The number of rotatable bonds is 3. The molecule has 0 amide bonds. The van der Waals surface area contributed by atoms with E-state index in [4.69, 9.17) is 9.94 Å². The number of aliphatic hydroxyl groups is 1. The standard InChI is InChI=1S/C21H31NO4/c1-20-9-7-14(22-26-12-19(24)25)11-13(20)3-4-15-16-5-6-18(23)21(16,2)10-8-17(15)20/h11,15-18,23H,3-10,12H2,1-2H3,(H,24,25). The largest absolute Gasteiger partial charge is 0.479 e. The third-order valence-corrected chi connectivity index (χ3v) is 8.30. The van der Waals surface area contributed by atoms with Gasteiger partial charge in [-0.2, -0.15) is 0 Å². The van der Waals surface area contributed by atoms with Crippen LogP contribution in [0.3, 0.4) is 0 Å². The van der Waals surface area contributed by atoms with Crippen LogP contribution in [0.2, 0.25) is 0 Å². The topological polar surface area (TPSA) is 79.1 Å². The molecule has 6 unspecified atom stereocenters. The third-order valence-electron chi connectivity index (χ3n) is 8.30. The Hall–Kier alpha value is -1.36. The van der Waals surface area contributed by atoms with Crippen LogP contribution in [0.5, 0.6) is 0 Å². The SMILES string of the molecule is CC12CCC(=NOCC(=O)O)C=C1CCC1C2CCC2(C)C(O)CCC12. The van der Waals surface area contributed by atoms with E-state index in [2.05, 4.69) is 25.1 Å². The molecular formula is C21H31NO4. The maximum Gasteiger partial charge on any atom is 0.344 e. The van der Waals surface area contributed by atoms with E-state index >= 15 is 0 Å². The Morgan fingerprint density at radius 2 is 2.00 bits per heavy atom.